The van der Waals surface area contributed by atoms with E-state index in [0.717, 1.165) is 24.1 Å². The average molecular weight is 285 g/mol. The molecule has 0 aliphatic heterocycles. The zero-order chi connectivity index (χ0) is 15.2. The van der Waals surface area contributed by atoms with E-state index in [1.54, 1.807) is 18.3 Å². The van der Waals surface area contributed by atoms with Gasteiger partial charge in [-0.2, -0.15) is 0 Å². The molecule has 6 heteroatoms. The third kappa shape index (κ3) is 3.76. The third-order valence-corrected chi connectivity index (χ3v) is 3.04. The molecule has 0 saturated carbocycles. The zero-order valence-electron chi connectivity index (χ0n) is 12.2. The maximum atomic E-state index is 12.3. The second kappa shape index (κ2) is 6.81. The summed E-state index contributed by atoms with van der Waals surface area (Å²) >= 11 is 0. The lowest BCUT2D eigenvalue weighted by Crippen LogP contribution is -2.16. The molecule has 110 valence electrons. The highest BCUT2D eigenvalue weighted by atomic mass is 16.1. The molecule has 2 aromatic heterocycles. The van der Waals surface area contributed by atoms with Crippen LogP contribution in [0.15, 0.2) is 30.5 Å². The standard InChI is InChI=1S/C15H19N5O/c1-3-5-12-8-11(9-13(18-12)20-16)15(21)19-14-10(2)6-4-7-17-14/h4,6-9H,3,5,16H2,1-2H3,(H,18,20)(H,17,19,21). The largest absolute Gasteiger partial charge is 0.308 e. The topological polar surface area (TPSA) is 92.9 Å². The molecule has 0 spiro atoms. The molecule has 0 atom stereocenters. The Morgan fingerprint density at radius 2 is 2.19 bits per heavy atom. The van der Waals surface area contributed by atoms with Gasteiger partial charge in [0.25, 0.3) is 5.91 Å². The van der Waals surface area contributed by atoms with E-state index in [2.05, 4.69) is 27.6 Å². The van der Waals surface area contributed by atoms with Gasteiger partial charge in [-0.1, -0.05) is 19.4 Å². The Morgan fingerprint density at radius 1 is 1.38 bits per heavy atom. The summed E-state index contributed by atoms with van der Waals surface area (Å²) in [6.07, 6.45) is 3.38. The number of nitrogens with two attached hydrogens (primary N) is 1. The summed E-state index contributed by atoms with van der Waals surface area (Å²) in [6, 6.07) is 7.11. The highest BCUT2D eigenvalue weighted by Crippen LogP contribution is 2.15. The monoisotopic (exact) mass is 285 g/mol. The summed E-state index contributed by atoms with van der Waals surface area (Å²) in [7, 11) is 0. The maximum absolute atomic E-state index is 12.3. The number of amides is 1. The normalized spacial score (nSPS) is 10.2. The number of nitrogens with zero attached hydrogens (tertiary/aromatic N) is 2. The molecule has 2 heterocycles. The summed E-state index contributed by atoms with van der Waals surface area (Å²) in [4.78, 5) is 20.8. The van der Waals surface area contributed by atoms with E-state index >= 15 is 0 Å². The lowest BCUT2D eigenvalue weighted by Gasteiger charge is -2.10. The van der Waals surface area contributed by atoms with Gasteiger partial charge in [-0.05, 0) is 37.1 Å². The van der Waals surface area contributed by atoms with Crippen LogP contribution in [0, 0.1) is 6.92 Å². The van der Waals surface area contributed by atoms with Gasteiger partial charge in [0.1, 0.15) is 11.6 Å². The van der Waals surface area contributed by atoms with Gasteiger partial charge in [0, 0.05) is 17.5 Å². The predicted molar refractivity (Wildman–Crippen MR) is 83.0 cm³/mol. The first-order valence-electron chi connectivity index (χ1n) is 6.84. The first-order valence-corrected chi connectivity index (χ1v) is 6.84. The van der Waals surface area contributed by atoms with Crippen LogP contribution in [0.5, 0.6) is 0 Å². The molecule has 2 aromatic rings. The first-order chi connectivity index (χ1) is 10.1. The molecular formula is C15H19N5O. The fraction of sp³-hybridized carbons (Fsp3) is 0.267. The van der Waals surface area contributed by atoms with Gasteiger partial charge in [0.15, 0.2) is 0 Å². The van der Waals surface area contributed by atoms with Crippen LogP contribution < -0.4 is 16.6 Å². The smallest absolute Gasteiger partial charge is 0.257 e. The SMILES string of the molecule is CCCc1cc(C(=O)Nc2ncccc2C)cc(NN)n1. The third-order valence-electron chi connectivity index (χ3n) is 3.04. The Balaban J connectivity index is 2.26. The van der Waals surface area contributed by atoms with Gasteiger partial charge in [0.05, 0.1) is 0 Å². The van der Waals surface area contributed by atoms with Crippen molar-refractivity contribution in [2.45, 2.75) is 26.7 Å². The van der Waals surface area contributed by atoms with Crippen molar-refractivity contribution in [3.05, 3.63) is 47.3 Å². The molecular weight excluding hydrogens is 266 g/mol. The van der Waals surface area contributed by atoms with Crippen molar-refractivity contribution in [3.63, 3.8) is 0 Å². The number of carbonyl (C=O) groups is 1. The minimum Gasteiger partial charge on any atom is -0.308 e. The van der Waals surface area contributed by atoms with Crippen molar-refractivity contribution in [2.24, 2.45) is 5.84 Å². The molecule has 2 rings (SSSR count). The number of rotatable bonds is 5. The lowest BCUT2D eigenvalue weighted by molar-refractivity contribution is 0.102. The van der Waals surface area contributed by atoms with Crippen LogP contribution >= 0.6 is 0 Å². The molecule has 0 fully saturated rings. The van der Waals surface area contributed by atoms with Crippen molar-refractivity contribution in [1.29, 1.82) is 0 Å². The van der Waals surface area contributed by atoms with Gasteiger partial charge in [-0.15, -0.1) is 0 Å². The molecule has 0 radical (unpaired) electrons. The number of aromatic nitrogens is 2. The van der Waals surface area contributed by atoms with Gasteiger partial charge in [-0.25, -0.2) is 15.8 Å². The lowest BCUT2D eigenvalue weighted by atomic mass is 10.1. The summed E-state index contributed by atoms with van der Waals surface area (Å²) in [5.41, 5.74) is 4.73. The molecule has 21 heavy (non-hydrogen) atoms. The Morgan fingerprint density at radius 3 is 2.86 bits per heavy atom. The van der Waals surface area contributed by atoms with E-state index in [1.807, 2.05) is 19.1 Å². The quantitative estimate of drug-likeness (QED) is 0.579. The van der Waals surface area contributed by atoms with Crippen LogP contribution in [0.2, 0.25) is 0 Å². The van der Waals surface area contributed by atoms with Crippen molar-refractivity contribution >= 4 is 17.5 Å². The van der Waals surface area contributed by atoms with Gasteiger partial charge < -0.3 is 10.7 Å². The molecule has 4 N–H and O–H groups in total. The van der Waals surface area contributed by atoms with E-state index < -0.39 is 0 Å². The highest BCUT2D eigenvalue weighted by Gasteiger charge is 2.11. The first kappa shape index (κ1) is 14.9. The van der Waals surface area contributed by atoms with Gasteiger partial charge >= 0.3 is 0 Å². The van der Waals surface area contributed by atoms with E-state index in [1.165, 1.54) is 0 Å². The molecule has 0 unspecified atom stereocenters. The van der Waals surface area contributed by atoms with Crippen molar-refractivity contribution in [1.82, 2.24) is 9.97 Å². The number of hydrogen-bond acceptors (Lipinski definition) is 5. The van der Waals surface area contributed by atoms with Crippen LogP contribution in [-0.4, -0.2) is 15.9 Å². The average Bonchev–Trinajstić information content (AvgIpc) is 2.49. The Hall–Kier alpha value is -2.47. The summed E-state index contributed by atoms with van der Waals surface area (Å²) in [6.45, 7) is 3.95. The Kier molecular flexibility index (Phi) is 4.84. The van der Waals surface area contributed by atoms with Crippen molar-refractivity contribution < 1.29 is 4.79 Å². The predicted octanol–water partition coefficient (Wildman–Crippen LogP) is 2.28. The van der Waals surface area contributed by atoms with Crippen LogP contribution in [0.25, 0.3) is 0 Å². The number of hydrogen-bond donors (Lipinski definition) is 3. The van der Waals surface area contributed by atoms with Crippen LogP contribution in [0.1, 0.15) is 35.0 Å². The summed E-state index contributed by atoms with van der Waals surface area (Å²) in [5, 5.41) is 2.80. The van der Waals surface area contributed by atoms with Crippen molar-refractivity contribution in [3.8, 4) is 0 Å². The second-order valence-corrected chi connectivity index (χ2v) is 4.75. The number of carbonyl (C=O) groups excluding carboxylic acids is 1. The van der Waals surface area contributed by atoms with Gasteiger partial charge in [0.2, 0.25) is 0 Å². The fourth-order valence-corrected chi connectivity index (χ4v) is 1.97. The fourth-order valence-electron chi connectivity index (χ4n) is 1.97. The van der Waals surface area contributed by atoms with Crippen molar-refractivity contribution in [2.75, 3.05) is 10.7 Å². The highest BCUT2D eigenvalue weighted by molar-refractivity contribution is 6.04. The van der Waals surface area contributed by atoms with Gasteiger partial charge in [-0.3, -0.25) is 4.79 Å². The van der Waals surface area contributed by atoms with Crippen LogP contribution in [-0.2, 0) is 6.42 Å². The second-order valence-electron chi connectivity index (χ2n) is 4.75. The molecule has 0 aliphatic carbocycles. The zero-order valence-corrected chi connectivity index (χ0v) is 12.2. The van der Waals surface area contributed by atoms with Crippen LogP contribution in [0.3, 0.4) is 0 Å². The molecule has 1 amide bonds. The molecule has 0 bridgehead atoms. The van der Waals surface area contributed by atoms with E-state index in [-0.39, 0.29) is 5.91 Å². The van der Waals surface area contributed by atoms with E-state index in [4.69, 9.17) is 5.84 Å². The maximum Gasteiger partial charge on any atom is 0.257 e. The summed E-state index contributed by atoms with van der Waals surface area (Å²) in [5.74, 6) is 6.21. The van der Waals surface area contributed by atoms with E-state index in [9.17, 15) is 4.79 Å². The molecule has 6 nitrogen and oxygen atoms in total. The number of hydrazine groups is 1. The molecule has 0 aromatic carbocycles. The number of pyridine rings is 2. The summed E-state index contributed by atoms with van der Waals surface area (Å²) < 4.78 is 0. The number of nitrogen functional groups attached to an aromatic ring is 1. The molecule has 0 aliphatic rings. The van der Waals surface area contributed by atoms with E-state index in [0.29, 0.717) is 17.2 Å². The minimum absolute atomic E-state index is 0.229. The minimum atomic E-state index is -0.229. The Bertz CT molecular complexity index is 642. The number of anilines is 2. The molecule has 0 saturated heterocycles. The Labute approximate surface area is 123 Å². The number of aryl methyl sites for hydroxylation is 2. The number of nitrogens with one attached hydrogen (secondary N) is 2. The van der Waals surface area contributed by atoms with Crippen LogP contribution in [0.4, 0.5) is 11.6 Å².